The largest absolute Gasteiger partial charge is 0.328 e. The molecule has 0 amide bonds. The zero-order valence-corrected chi connectivity index (χ0v) is 11.5. The summed E-state index contributed by atoms with van der Waals surface area (Å²) in [7, 11) is 2.02. The van der Waals surface area contributed by atoms with E-state index in [0.29, 0.717) is 0 Å². The Morgan fingerprint density at radius 1 is 1.42 bits per heavy atom. The molecule has 0 saturated carbocycles. The number of aromatic nitrogens is 2. The van der Waals surface area contributed by atoms with Gasteiger partial charge in [0.25, 0.3) is 5.56 Å². The summed E-state index contributed by atoms with van der Waals surface area (Å²) < 4.78 is 1.22. The predicted octanol–water partition coefficient (Wildman–Crippen LogP) is 0.252. The molecule has 0 radical (unpaired) electrons. The van der Waals surface area contributed by atoms with Crippen LogP contribution in [0.5, 0.6) is 0 Å². The fourth-order valence-electron chi connectivity index (χ4n) is 2.77. The molecule has 2 atom stereocenters. The maximum atomic E-state index is 12.3. The lowest BCUT2D eigenvalue weighted by Crippen LogP contribution is -2.47. The summed E-state index contributed by atoms with van der Waals surface area (Å²) in [5.41, 5.74) is -0.861. The van der Waals surface area contributed by atoms with Crippen LogP contribution in [-0.4, -0.2) is 40.4 Å². The van der Waals surface area contributed by atoms with Gasteiger partial charge in [0.15, 0.2) is 5.78 Å². The summed E-state index contributed by atoms with van der Waals surface area (Å²) in [5.74, 6) is -0.129. The zero-order valence-electron chi connectivity index (χ0n) is 11.5. The molecule has 1 aliphatic heterocycles. The Labute approximate surface area is 111 Å². The number of Topliss-reactive ketones (excluding diaryl/α,β-unsaturated/α-hetero) is 1. The van der Waals surface area contributed by atoms with Crippen LogP contribution in [0.1, 0.15) is 36.7 Å². The number of rotatable bonds is 2. The van der Waals surface area contributed by atoms with E-state index in [4.69, 9.17) is 0 Å². The molecule has 19 heavy (non-hydrogen) atoms. The van der Waals surface area contributed by atoms with Crippen LogP contribution in [0.15, 0.2) is 15.8 Å². The van der Waals surface area contributed by atoms with Gasteiger partial charge in [0.1, 0.15) is 0 Å². The van der Waals surface area contributed by atoms with Crippen molar-refractivity contribution in [3.63, 3.8) is 0 Å². The van der Waals surface area contributed by atoms with Crippen molar-refractivity contribution in [2.45, 2.75) is 26.3 Å². The van der Waals surface area contributed by atoms with Gasteiger partial charge in [0.2, 0.25) is 0 Å². The third-order valence-electron chi connectivity index (χ3n) is 3.78. The molecule has 2 unspecified atom stereocenters. The topological polar surface area (TPSA) is 75.2 Å². The molecule has 2 heterocycles. The monoisotopic (exact) mass is 265 g/mol. The standard InChI is InChI=1S/C13H19N3O3/c1-8-7-15(3)5-4-11(8)16-12(18)10(9(2)17)6-14-13(16)19/h6,8,11H,4-5,7H2,1-3H3,(H,14,19). The number of carbonyl (C=O) groups is 1. The minimum Gasteiger partial charge on any atom is -0.313 e. The van der Waals surface area contributed by atoms with E-state index in [1.165, 1.54) is 17.7 Å². The first-order valence-corrected chi connectivity index (χ1v) is 6.45. The van der Waals surface area contributed by atoms with E-state index in [-0.39, 0.29) is 23.3 Å². The number of carbonyl (C=O) groups excluding carboxylic acids is 1. The normalized spacial score (nSPS) is 24.4. The van der Waals surface area contributed by atoms with Crippen molar-refractivity contribution < 1.29 is 4.79 Å². The molecule has 1 aliphatic rings. The molecule has 0 bridgehead atoms. The molecule has 6 heteroatoms. The number of ketones is 1. The molecule has 2 rings (SSSR count). The van der Waals surface area contributed by atoms with Gasteiger partial charge in [-0.05, 0) is 32.9 Å². The van der Waals surface area contributed by atoms with E-state index in [2.05, 4.69) is 9.88 Å². The lowest BCUT2D eigenvalue weighted by atomic mass is 9.94. The zero-order chi connectivity index (χ0) is 14.2. The van der Waals surface area contributed by atoms with Gasteiger partial charge in [-0.3, -0.25) is 14.2 Å². The van der Waals surface area contributed by atoms with Gasteiger partial charge in [-0.2, -0.15) is 0 Å². The smallest absolute Gasteiger partial charge is 0.313 e. The number of hydrogen-bond acceptors (Lipinski definition) is 4. The second-order valence-electron chi connectivity index (χ2n) is 5.33. The molecule has 0 aromatic carbocycles. The first kappa shape index (κ1) is 13.7. The van der Waals surface area contributed by atoms with Crippen molar-refractivity contribution in [3.05, 3.63) is 32.6 Å². The highest BCUT2D eigenvalue weighted by Gasteiger charge is 2.28. The number of piperidine rings is 1. The molecule has 6 nitrogen and oxygen atoms in total. The van der Waals surface area contributed by atoms with Crippen LogP contribution < -0.4 is 11.2 Å². The highest BCUT2D eigenvalue weighted by molar-refractivity contribution is 5.93. The van der Waals surface area contributed by atoms with Crippen LogP contribution in [0.2, 0.25) is 0 Å². The summed E-state index contributed by atoms with van der Waals surface area (Å²) in [4.78, 5) is 40.3. The Morgan fingerprint density at radius 2 is 2.11 bits per heavy atom. The SMILES string of the molecule is CC(=O)c1c[nH]c(=O)n(C2CCN(C)CC2C)c1=O. The third-order valence-corrected chi connectivity index (χ3v) is 3.78. The van der Waals surface area contributed by atoms with Gasteiger partial charge >= 0.3 is 5.69 Å². The number of aromatic amines is 1. The fraction of sp³-hybridized carbons (Fsp3) is 0.615. The van der Waals surface area contributed by atoms with Crippen LogP contribution in [0.3, 0.4) is 0 Å². The molecule has 0 spiro atoms. The van der Waals surface area contributed by atoms with E-state index in [1.807, 2.05) is 14.0 Å². The van der Waals surface area contributed by atoms with Crippen molar-refractivity contribution in [2.24, 2.45) is 5.92 Å². The quantitative estimate of drug-likeness (QED) is 0.778. The first-order valence-electron chi connectivity index (χ1n) is 6.45. The van der Waals surface area contributed by atoms with Crippen LogP contribution in [0.25, 0.3) is 0 Å². The number of nitrogens with zero attached hydrogens (tertiary/aromatic N) is 2. The summed E-state index contributed by atoms with van der Waals surface area (Å²) >= 11 is 0. The summed E-state index contributed by atoms with van der Waals surface area (Å²) in [6.07, 6.45) is 1.95. The van der Waals surface area contributed by atoms with Crippen molar-refractivity contribution in [1.29, 1.82) is 0 Å². The molecule has 0 aliphatic carbocycles. The maximum absolute atomic E-state index is 12.3. The average molecular weight is 265 g/mol. The van der Waals surface area contributed by atoms with Crippen molar-refractivity contribution in [2.75, 3.05) is 20.1 Å². The van der Waals surface area contributed by atoms with Crippen molar-refractivity contribution >= 4 is 5.78 Å². The molecule has 1 saturated heterocycles. The summed E-state index contributed by atoms with van der Waals surface area (Å²) in [6, 6.07) is -0.147. The van der Waals surface area contributed by atoms with Crippen LogP contribution in [0.4, 0.5) is 0 Å². The second kappa shape index (κ2) is 5.13. The number of nitrogens with one attached hydrogen (secondary N) is 1. The van der Waals surface area contributed by atoms with Crippen LogP contribution in [0, 0.1) is 5.92 Å². The predicted molar refractivity (Wildman–Crippen MR) is 71.6 cm³/mol. The molecular weight excluding hydrogens is 246 g/mol. The average Bonchev–Trinajstić information content (AvgIpc) is 2.31. The molecule has 1 aromatic heterocycles. The number of likely N-dealkylation sites (tertiary alicyclic amines) is 1. The Balaban J connectivity index is 2.50. The Bertz CT molecular complexity index is 602. The minimum atomic E-state index is -0.474. The van der Waals surface area contributed by atoms with E-state index in [1.54, 1.807) is 0 Å². The van der Waals surface area contributed by atoms with Gasteiger partial charge in [-0.1, -0.05) is 6.92 Å². The minimum absolute atomic E-state index is 0.0470. The molecular formula is C13H19N3O3. The van der Waals surface area contributed by atoms with Gasteiger partial charge in [-0.15, -0.1) is 0 Å². The molecule has 1 N–H and O–H groups in total. The summed E-state index contributed by atoms with van der Waals surface area (Å²) in [5, 5.41) is 0. The van der Waals surface area contributed by atoms with Gasteiger partial charge in [-0.25, -0.2) is 4.79 Å². The van der Waals surface area contributed by atoms with E-state index < -0.39 is 11.2 Å². The van der Waals surface area contributed by atoms with Crippen LogP contribution >= 0.6 is 0 Å². The summed E-state index contributed by atoms with van der Waals surface area (Å²) in [6.45, 7) is 5.02. The van der Waals surface area contributed by atoms with Gasteiger partial charge < -0.3 is 9.88 Å². The Morgan fingerprint density at radius 3 is 2.68 bits per heavy atom. The molecule has 1 fully saturated rings. The molecule has 104 valence electrons. The van der Waals surface area contributed by atoms with Crippen molar-refractivity contribution in [3.8, 4) is 0 Å². The maximum Gasteiger partial charge on any atom is 0.328 e. The van der Waals surface area contributed by atoms with Crippen molar-refractivity contribution in [1.82, 2.24) is 14.5 Å². The second-order valence-corrected chi connectivity index (χ2v) is 5.33. The first-order chi connectivity index (χ1) is 8.91. The Hall–Kier alpha value is -1.69. The third kappa shape index (κ3) is 2.53. The van der Waals surface area contributed by atoms with E-state index >= 15 is 0 Å². The van der Waals surface area contributed by atoms with Gasteiger partial charge in [0.05, 0.1) is 5.56 Å². The number of H-pyrrole nitrogens is 1. The van der Waals surface area contributed by atoms with E-state index in [0.717, 1.165) is 19.5 Å². The van der Waals surface area contributed by atoms with Gasteiger partial charge in [0, 0.05) is 18.8 Å². The lowest BCUT2D eigenvalue weighted by molar-refractivity contribution is 0.101. The number of hydrogen-bond donors (Lipinski definition) is 1. The fourth-order valence-corrected chi connectivity index (χ4v) is 2.77. The lowest BCUT2D eigenvalue weighted by Gasteiger charge is -2.35. The Kier molecular flexibility index (Phi) is 3.71. The molecule has 1 aromatic rings. The van der Waals surface area contributed by atoms with Crippen LogP contribution in [-0.2, 0) is 0 Å². The highest BCUT2D eigenvalue weighted by Crippen LogP contribution is 2.24. The van der Waals surface area contributed by atoms with E-state index in [9.17, 15) is 14.4 Å². The highest BCUT2D eigenvalue weighted by atomic mass is 16.2.